The van der Waals surface area contributed by atoms with Crippen LogP contribution < -0.4 is 5.73 Å². The van der Waals surface area contributed by atoms with Crippen LogP contribution in [-0.4, -0.2) is 15.8 Å². The second kappa shape index (κ2) is 5.65. The van der Waals surface area contributed by atoms with E-state index in [0.717, 1.165) is 14.7 Å². The molecule has 2 atom stereocenters. The maximum atomic E-state index is 6.22. The molecule has 92 valence electrons. The molecular formula is C11H13Br2N3S. The van der Waals surface area contributed by atoms with E-state index >= 15 is 0 Å². The molecule has 0 saturated carbocycles. The van der Waals surface area contributed by atoms with Gasteiger partial charge in [-0.25, -0.2) is 0 Å². The Hall–Kier alpha value is -0.170. The predicted molar refractivity (Wildman–Crippen MR) is 78.4 cm³/mol. The average Bonchev–Trinajstić information content (AvgIpc) is 2.89. The highest BCUT2D eigenvalue weighted by molar-refractivity contribution is 9.11. The smallest absolute Gasteiger partial charge is 0.101 e. The Morgan fingerprint density at radius 1 is 1.47 bits per heavy atom. The van der Waals surface area contributed by atoms with Crippen molar-refractivity contribution in [2.24, 2.45) is 5.73 Å². The van der Waals surface area contributed by atoms with Gasteiger partial charge in [0.15, 0.2) is 0 Å². The summed E-state index contributed by atoms with van der Waals surface area (Å²) in [4.78, 5) is 1.22. The lowest BCUT2D eigenvalue weighted by Gasteiger charge is -2.22. The fourth-order valence-corrected chi connectivity index (χ4v) is 3.61. The summed E-state index contributed by atoms with van der Waals surface area (Å²) in [5.41, 5.74) is 6.22. The third kappa shape index (κ3) is 2.99. The summed E-state index contributed by atoms with van der Waals surface area (Å²) < 4.78 is 4.02. The average molecular weight is 379 g/mol. The third-order valence-corrected chi connectivity index (χ3v) is 4.72. The molecule has 0 radical (unpaired) electrons. The van der Waals surface area contributed by atoms with Crippen LogP contribution in [0, 0.1) is 0 Å². The number of halogens is 2. The van der Waals surface area contributed by atoms with Gasteiger partial charge in [0, 0.05) is 17.1 Å². The van der Waals surface area contributed by atoms with Gasteiger partial charge < -0.3 is 5.73 Å². The van der Waals surface area contributed by atoms with E-state index < -0.39 is 0 Å². The highest BCUT2D eigenvalue weighted by Crippen LogP contribution is 2.32. The van der Waals surface area contributed by atoms with Crippen LogP contribution >= 0.6 is 43.2 Å². The van der Waals surface area contributed by atoms with Gasteiger partial charge in [-0.05, 0) is 50.4 Å². The molecule has 2 heterocycles. The second-order valence-electron chi connectivity index (χ2n) is 3.80. The first-order valence-electron chi connectivity index (χ1n) is 5.32. The molecule has 17 heavy (non-hydrogen) atoms. The first-order chi connectivity index (χ1) is 8.11. The topological polar surface area (TPSA) is 43.8 Å². The molecule has 6 heteroatoms. The van der Waals surface area contributed by atoms with Gasteiger partial charge in [-0.15, -0.1) is 11.3 Å². The standard InChI is InChI=1S/C11H13Br2N3S/c1-2-8(14)11(9-3-4-10(13)17-9)16-6-7(12)5-15-16/h3-6,8,11H,2,14H2,1H3. The molecule has 0 fully saturated rings. The van der Waals surface area contributed by atoms with Crippen LogP contribution in [0.25, 0.3) is 0 Å². The van der Waals surface area contributed by atoms with Gasteiger partial charge in [0.2, 0.25) is 0 Å². The van der Waals surface area contributed by atoms with E-state index in [-0.39, 0.29) is 12.1 Å². The van der Waals surface area contributed by atoms with Crippen molar-refractivity contribution in [1.82, 2.24) is 9.78 Å². The highest BCUT2D eigenvalue weighted by Gasteiger charge is 2.22. The number of thiophene rings is 1. The Labute approximate surface area is 121 Å². The summed E-state index contributed by atoms with van der Waals surface area (Å²) in [5, 5.41) is 4.35. The van der Waals surface area contributed by atoms with Crippen molar-refractivity contribution < 1.29 is 0 Å². The van der Waals surface area contributed by atoms with Crippen LogP contribution in [0.5, 0.6) is 0 Å². The number of hydrogen-bond acceptors (Lipinski definition) is 3. The van der Waals surface area contributed by atoms with Gasteiger partial charge >= 0.3 is 0 Å². The maximum Gasteiger partial charge on any atom is 0.101 e. The van der Waals surface area contributed by atoms with Crippen LogP contribution in [0.4, 0.5) is 0 Å². The molecule has 0 bridgehead atoms. The van der Waals surface area contributed by atoms with E-state index in [1.807, 2.05) is 16.9 Å². The van der Waals surface area contributed by atoms with Crippen LogP contribution in [0.15, 0.2) is 32.8 Å². The lowest BCUT2D eigenvalue weighted by molar-refractivity contribution is 0.429. The lowest BCUT2D eigenvalue weighted by Crippen LogP contribution is -2.32. The molecule has 2 unspecified atom stereocenters. The van der Waals surface area contributed by atoms with Crippen LogP contribution in [0.3, 0.4) is 0 Å². The first-order valence-corrected chi connectivity index (χ1v) is 7.72. The molecule has 3 nitrogen and oxygen atoms in total. The van der Waals surface area contributed by atoms with E-state index in [0.29, 0.717) is 0 Å². The minimum absolute atomic E-state index is 0.0624. The van der Waals surface area contributed by atoms with Gasteiger partial charge in [0.05, 0.1) is 14.5 Å². The molecule has 0 aliphatic rings. The van der Waals surface area contributed by atoms with E-state index in [1.165, 1.54) is 4.88 Å². The Morgan fingerprint density at radius 2 is 2.24 bits per heavy atom. The largest absolute Gasteiger partial charge is 0.326 e. The zero-order valence-electron chi connectivity index (χ0n) is 9.31. The fourth-order valence-electron chi connectivity index (χ4n) is 1.72. The molecule has 0 amide bonds. The summed E-state index contributed by atoms with van der Waals surface area (Å²) in [6.45, 7) is 2.10. The normalized spacial score (nSPS) is 14.8. The third-order valence-electron chi connectivity index (χ3n) is 2.62. The molecule has 0 aromatic carbocycles. The molecule has 0 saturated heterocycles. The van der Waals surface area contributed by atoms with Gasteiger partial charge in [-0.3, -0.25) is 4.68 Å². The summed E-state index contributed by atoms with van der Waals surface area (Å²) in [6, 6.07) is 4.31. The molecule has 2 rings (SSSR count). The summed E-state index contributed by atoms with van der Waals surface area (Å²) in [7, 11) is 0. The van der Waals surface area contributed by atoms with Gasteiger partial charge in [-0.2, -0.15) is 5.10 Å². The van der Waals surface area contributed by atoms with Crippen molar-refractivity contribution in [2.45, 2.75) is 25.4 Å². The van der Waals surface area contributed by atoms with Crippen molar-refractivity contribution in [3.8, 4) is 0 Å². The molecule has 0 aliphatic heterocycles. The number of rotatable bonds is 4. The Balaban J connectivity index is 2.38. The molecule has 0 aliphatic carbocycles. The zero-order chi connectivity index (χ0) is 12.4. The number of nitrogens with zero attached hydrogens (tertiary/aromatic N) is 2. The van der Waals surface area contributed by atoms with Crippen molar-refractivity contribution in [1.29, 1.82) is 0 Å². The Bertz CT molecular complexity index is 454. The Morgan fingerprint density at radius 3 is 2.71 bits per heavy atom. The van der Waals surface area contributed by atoms with Gasteiger partial charge in [0.1, 0.15) is 6.04 Å². The quantitative estimate of drug-likeness (QED) is 0.879. The highest BCUT2D eigenvalue weighted by atomic mass is 79.9. The number of aromatic nitrogens is 2. The predicted octanol–water partition coefficient (Wildman–Crippen LogP) is 3.80. The van der Waals surface area contributed by atoms with Crippen LogP contribution in [-0.2, 0) is 0 Å². The summed E-state index contributed by atoms with van der Waals surface area (Å²) in [6.07, 6.45) is 4.67. The molecule has 2 aromatic rings. The fraction of sp³-hybridized carbons (Fsp3) is 0.364. The lowest BCUT2D eigenvalue weighted by atomic mass is 10.1. The van der Waals surface area contributed by atoms with E-state index in [4.69, 9.17) is 5.73 Å². The SMILES string of the molecule is CCC(N)C(c1ccc(Br)s1)n1cc(Br)cn1. The molecular weight excluding hydrogens is 366 g/mol. The summed E-state index contributed by atoms with van der Waals surface area (Å²) in [5.74, 6) is 0. The minimum atomic E-state index is 0.0624. The zero-order valence-corrected chi connectivity index (χ0v) is 13.3. The van der Waals surface area contributed by atoms with Crippen LogP contribution in [0.1, 0.15) is 24.3 Å². The minimum Gasteiger partial charge on any atom is -0.326 e. The number of hydrogen-bond donors (Lipinski definition) is 1. The maximum absolute atomic E-state index is 6.22. The van der Waals surface area contributed by atoms with Crippen molar-refractivity contribution in [3.05, 3.63) is 37.7 Å². The van der Waals surface area contributed by atoms with Crippen molar-refractivity contribution in [2.75, 3.05) is 0 Å². The van der Waals surface area contributed by atoms with E-state index in [2.05, 4.69) is 49.9 Å². The molecule has 0 spiro atoms. The summed E-state index contributed by atoms with van der Waals surface area (Å²) >= 11 is 8.61. The molecule has 2 aromatic heterocycles. The van der Waals surface area contributed by atoms with Crippen molar-refractivity contribution in [3.63, 3.8) is 0 Å². The van der Waals surface area contributed by atoms with Gasteiger partial charge in [0.25, 0.3) is 0 Å². The van der Waals surface area contributed by atoms with Crippen LogP contribution in [0.2, 0.25) is 0 Å². The van der Waals surface area contributed by atoms with E-state index in [1.54, 1.807) is 17.5 Å². The molecule has 2 N–H and O–H groups in total. The van der Waals surface area contributed by atoms with Gasteiger partial charge in [-0.1, -0.05) is 6.92 Å². The second-order valence-corrected chi connectivity index (χ2v) is 7.21. The van der Waals surface area contributed by atoms with E-state index in [9.17, 15) is 0 Å². The Kier molecular flexibility index (Phi) is 4.41. The number of nitrogens with two attached hydrogens (primary N) is 1. The van der Waals surface area contributed by atoms with Crippen molar-refractivity contribution >= 4 is 43.2 Å². The monoisotopic (exact) mass is 377 g/mol. The first kappa shape index (κ1) is 13.3.